The first kappa shape index (κ1) is 22.6. The highest BCUT2D eigenvalue weighted by Crippen LogP contribution is 2.35. The van der Waals surface area contributed by atoms with Crippen molar-refractivity contribution < 1.29 is 9.18 Å². The Labute approximate surface area is 201 Å². The van der Waals surface area contributed by atoms with E-state index in [1.165, 1.54) is 27.3 Å². The van der Waals surface area contributed by atoms with E-state index in [4.69, 9.17) is 4.98 Å². The first-order chi connectivity index (χ1) is 15.9. The Balaban J connectivity index is 1.55. The zero-order chi connectivity index (χ0) is 23.1. The molecule has 5 nitrogen and oxygen atoms in total. The number of piperidine rings is 1. The fourth-order valence-corrected chi connectivity index (χ4v) is 7.42. The lowest BCUT2D eigenvalue weighted by Crippen LogP contribution is -2.43. The van der Waals surface area contributed by atoms with E-state index in [2.05, 4.69) is 13.8 Å². The van der Waals surface area contributed by atoms with Gasteiger partial charge in [0.2, 0.25) is 5.91 Å². The van der Waals surface area contributed by atoms with Crippen molar-refractivity contribution in [2.24, 2.45) is 11.8 Å². The maximum absolute atomic E-state index is 14.8. The van der Waals surface area contributed by atoms with E-state index in [9.17, 15) is 14.0 Å². The van der Waals surface area contributed by atoms with E-state index in [1.807, 2.05) is 4.90 Å². The normalized spacial score (nSPS) is 20.8. The average molecular weight is 486 g/mol. The summed E-state index contributed by atoms with van der Waals surface area (Å²) in [6.45, 7) is 5.86. The number of carbonyl (C=O) groups is 1. The second-order valence-corrected chi connectivity index (χ2v) is 11.4. The number of rotatable bonds is 4. The number of aromatic nitrogens is 2. The molecule has 2 atom stereocenters. The first-order valence-electron chi connectivity index (χ1n) is 11.6. The number of fused-ring (bicyclic) bond motifs is 3. The van der Waals surface area contributed by atoms with Gasteiger partial charge in [0.05, 0.1) is 16.8 Å². The number of benzene rings is 1. The summed E-state index contributed by atoms with van der Waals surface area (Å²) in [7, 11) is 0. The monoisotopic (exact) mass is 485 g/mol. The van der Waals surface area contributed by atoms with Crippen LogP contribution in [0.2, 0.25) is 0 Å². The van der Waals surface area contributed by atoms with Gasteiger partial charge in [0, 0.05) is 18.0 Å². The van der Waals surface area contributed by atoms with Crippen molar-refractivity contribution in [2.45, 2.75) is 51.1 Å². The van der Waals surface area contributed by atoms with E-state index >= 15 is 0 Å². The fraction of sp³-hybridized carbons (Fsp3) is 0.480. The van der Waals surface area contributed by atoms with Crippen molar-refractivity contribution in [3.05, 3.63) is 50.9 Å². The molecule has 0 radical (unpaired) electrons. The van der Waals surface area contributed by atoms with E-state index in [0.717, 1.165) is 50.8 Å². The molecule has 3 heterocycles. The van der Waals surface area contributed by atoms with E-state index in [0.29, 0.717) is 27.2 Å². The van der Waals surface area contributed by atoms with E-state index in [-0.39, 0.29) is 22.9 Å². The van der Waals surface area contributed by atoms with E-state index < -0.39 is 5.82 Å². The molecule has 174 valence electrons. The number of hydrogen-bond acceptors (Lipinski definition) is 5. The molecule has 0 saturated carbocycles. The van der Waals surface area contributed by atoms with Crippen LogP contribution in [0.4, 0.5) is 4.39 Å². The molecule has 2 aliphatic rings. The largest absolute Gasteiger partial charge is 0.341 e. The van der Waals surface area contributed by atoms with Crippen molar-refractivity contribution >= 4 is 39.2 Å². The summed E-state index contributed by atoms with van der Waals surface area (Å²) < 4.78 is 16.2. The third-order valence-electron chi connectivity index (χ3n) is 6.60. The highest BCUT2D eigenvalue weighted by atomic mass is 32.2. The second-order valence-electron chi connectivity index (χ2n) is 9.41. The average Bonchev–Trinajstić information content (AvgIpc) is 3.16. The summed E-state index contributed by atoms with van der Waals surface area (Å²) >= 11 is 2.80. The quantitative estimate of drug-likeness (QED) is 0.383. The molecule has 0 bridgehead atoms. The highest BCUT2D eigenvalue weighted by Gasteiger charge is 2.27. The molecule has 0 N–H and O–H groups in total. The summed E-state index contributed by atoms with van der Waals surface area (Å²) in [5.74, 6) is 0.698. The number of hydrogen-bond donors (Lipinski definition) is 0. The van der Waals surface area contributed by atoms with Gasteiger partial charge in [0.15, 0.2) is 5.16 Å². The summed E-state index contributed by atoms with van der Waals surface area (Å²) in [4.78, 5) is 35.4. The predicted molar refractivity (Wildman–Crippen MR) is 132 cm³/mol. The van der Waals surface area contributed by atoms with Crippen LogP contribution < -0.4 is 5.56 Å². The Morgan fingerprint density at radius 3 is 2.67 bits per heavy atom. The molecule has 1 aliphatic heterocycles. The minimum Gasteiger partial charge on any atom is -0.341 e. The highest BCUT2D eigenvalue weighted by molar-refractivity contribution is 7.99. The van der Waals surface area contributed by atoms with Crippen LogP contribution in [0, 0.1) is 17.7 Å². The first-order valence-corrected chi connectivity index (χ1v) is 13.5. The Kier molecular flexibility index (Phi) is 6.31. The van der Waals surface area contributed by atoms with Crippen LogP contribution >= 0.6 is 23.1 Å². The maximum Gasteiger partial charge on any atom is 0.267 e. The van der Waals surface area contributed by atoms with Crippen LogP contribution in [0.5, 0.6) is 0 Å². The third-order valence-corrected chi connectivity index (χ3v) is 8.71. The van der Waals surface area contributed by atoms with Gasteiger partial charge in [-0.3, -0.25) is 14.2 Å². The number of para-hydroxylation sites is 1. The predicted octanol–water partition coefficient (Wildman–Crippen LogP) is 5.06. The molecule has 3 aromatic rings. The molecule has 33 heavy (non-hydrogen) atoms. The summed E-state index contributed by atoms with van der Waals surface area (Å²) in [6.07, 6.45) is 5.12. The van der Waals surface area contributed by atoms with Crippen molar-refractivity contribution in [1.82, 2.24) is 14.5 Å². The lowest BCUT2D eigenvalue weighted by Gasteiger charge is -2.35. The molecule has 5 rings (SSSR count). The summed E-state index contributed by atoms with van der Waals surface area (Å²) in [6, 6.07) is 6.28. The van der Waals surface area contributed by atoms with Crippen LogP contribution in [0.25, 0.3) is 15.9 Å². The Bertz CT molecular complexity index is 1260. The molecule has 1 aliphatic carbocycles. The zero-order valence-electron chi connectivity index (χ0n) is 19.0. The molecule has 2 aromatic heterocycles. The van der Waals surface area contributed by atoms with Crippen LogP contribution in [-0.2, 0) is 17.6 Å². The van der Waals surface area contributed by atoms with E-state index in [1.54, 1.807) is 29.5 Å². The van der Waals surface area contributed by atoms with Gasteiger partial charge in [-0.1, -0.05) is 37.7 Å². The van der Waals surface area contributed by atoms with Gasteiger partial charge < -0.3 is 4.90 Å². The minimum atomic E-state index is -0.475. The van der Waals surface area contributed by atoms with Gasteiger partial charge in [0.1, 0.15) is 10.6 Å². The lowest BCUT2D eigenvalue weighted by molar-refractivity contribution is -0.130. The van der Waals surface area contributed by atoms with Crippen molar-refractivity contribution in [1.29, 1.82) is 0 Å². The maximum atomic E-state index is 14.8. The smallest absolute Gasteiger partial charge is 0.267 e. The molecule has 1 aromatic carbocycles. The van der Waals surface area contributed by atoms with Crippen molar-refractivity contribution in [2.75, 3.05) is 18.8 Å². The van der Waals surface area contributed by atoms with Crippen molar-refractivity contribution in [3.63, 3.8) is 0 Å². The van der Waals surface area contributed by atoms with Crippen LogP contribution in [0.15, 0.2) is 34.2 Å². The molecule has 1 saturated heterocycles. The van der Waals surface area contributed by atoms with Crippen molar-refractivity contribution in [3.8, 4) is 5.69 Å². The van der Waals surface area contributed by atoms with Gasteiger partial charge in [-0.05, 0) is 61.6 Å². The fourth-order valence-electron chi connectivity index (χ4n) is 5.21. The minimum absolute atomic E-state index is 0.0401. The Hall–Kier alpha value is -2.19. The summed E-state index contributed by atoms with van der Waals surface area (Å²) in [5, 5.41) is 0.995. The van der Waals surface area contributed by atoms with Crippen LogP contribution in [0.3, 0.4) is 0 Å². The second kappa shape index (κ2) is 9.22. The number of thiophene rings is 1. The SMILES string of the molecule is C[C@@H]1C[C@H](C)CN(C(=O)CSc2nc3sc4c(c3c(=O)n2-c2ccccc2F)CCCC4)C1. The number of aryl methyl sites for hydroxylation is 2. The molecule has 0 spiro atoms. The third kappa shape index (κ3) is 4.35. The molecule has 0 unspecified atom stereocenters. The van der Waals surface area contributed by atoms with Crippen LogP contribution in [-0.4, -0.2) is 39.2 Å². The standard InChI is InChI=1S/C25H28FN3O2S2/c1-15-11-16(2)13-28(12-15)21(30)14-32-25-27-23-22(17-7-3-6-10-20(17)33-23)24(31)29(25)19-9-5-4-8-18(19)26/h4-5,8-9,15-16H,3,6-7,10-14H2,1-2H3/t15-,16+. The lowest BCUT2D eigenvalue weighted by atomic mass is 9.92. The molecular weight excluding hydrogens is 457 g/mol. The van der Waals surface area contributed by atoms with Gasteiger partial charge in [0.25, 0.3) is 5.56 Å². The van der Waals surface area contributed by atoms with Gasteiger partial charge >= 0.3 is 0 Å². The van der Waals surface area contributed by atoms with Crippen LogP contribution in [0.1, 0.15) is 43.6 Å². The number of likely N-dealkylation sites (tertiary alicyclic amines) is 1. The number of carbonyl (C=O) groups excluding carboxylic acids is 1. The van der Waals surface area contributed by atoms with Gasteiger partial charge in [-0.15, -0.1) is 11.3 Å². The van der Waals surface area contributed by atoms with Gasteiger partial charge in [-0.25, -0.2) is 9.37 Å². The van der Waals surface area contributed by atoms with Gasteiger partial charge in [-0.2, -0.15) is 0 Å². The topological polar surface area (TPSA) is 55.2 Å². The number of amides is 1. The number of thioether (sulfide) groups is 1. The molecule has 1 fully saturated rings. The number of halogens is 1. The molecule has 8 heteroatoms. The molecule has 1 amide bonds. The molecular formula is C25H28FN3O2S2. The zero-order valence-corrected chi connectivity index (χ0v) is 20.6. The Morgan fingerprint density at radius 1 is 1.18 bits per heavy atom. The summed E-state index contributed by atoms with van der Waals surface area (Å²) in [5.41, 5.74) is 1.02. The number of nitrogens with zero attached hydrogens (tertiary/aromatic N) is 3. The Morgan fingerprint density at radius 2 is 1.91 bits per heavy atom.